The Labute approximate surface area is 57.4 Å². The van der Waals surface area contributed by atoms with E-state index < -0.39 is 0 Å². The zero-order chi connectivity index (χ0) is 6.74. The van der Waals surface area contributed by atoms with E-state index >= 15 is 0 Å². The molecule has 9 heavy (non-hydrogen) atoms. The van der Waals surface area contributed by atoms with Crippen molar-refractivity contribution in [3.05, 3.63) is 0 Å². The third kappa shape index (κ3) is 1.25. The van der Waals surface area contributed by atoms with Crippen LogP contribution in [0.5, 0.6) is 0 Å². The molecular formula is C7H17N2+. The van der Waals surface area contributed by atoms with E-state index in [4.69, 9.17) is 0 Å². The quantitative estimate of drug-likeness (QED) is 0.543. The van der Waals surface area contributed by atoms with Crippen LogP contribution >= 0.6 is 0 Å². The highest BCUT2D eigenvalue weighted by atomic mass is 15.7. The van der Waals surface area contributed by atoms with Gasteiger partial charge in [0.05, 0.1) is 19.6 Å². The monoisotopic (exact) mass is 129 g/mol. The van der Waals surface area contributed by atoms with Gasteiger partial charge in [0.15, 0.2) is 0 Å². The molecule has 2 heteroatoms. The Morgan fingerprint density at radius 1 is 1.33 bits per heavy atom. The Bertz CT molecular complexity index is 78.9. The van der Waals surface area contributed by atoms with E-state index in [1.54, 1.807) is 0 Å². The van der Waals surface area contributed by atoms with E-state index in [0.717, 1.165) is 4.59 Å². The zero-order valence-electron chi connectivity index (χ0n) is 6.48. The molecule has 1 fully saturated rings. The molecule has 54 valence electrons. The van der Waals surface area contributed by atoms with E-state index in [1.807, 2.05) is 0 Å². The van der Waals surface area contributed by atoms with Gasteiger partial charge in [-0.1, -0.05) is 0 Å². The molecule has 0 aromatic heterocycles. The maximum absolute atomic E-state index is 3.51. The molecule has 0 unspecified atom stereocenters. The lowest BCUT2D eigenvalue weighted by atomic mass is 10.4. The van der Waals surface area contributed by atoms with Gasteiger partial charge in [0.2, 0.25) is 0 Å². The second kappa shape index (κ2) is 2.67. The molecule has 1 N–H and O–H groups in total. The highest BCUT2D eigenvalue weighted by Gasteiger charge is 2.27. The summed E-state index contributed by atoms with van der Waals surface area (Å²) in [5, 5.41) is 0. The summed E-state index contributed by atoms with van der Waals surface area (Å²) < 4.78 is 1.14. The van der Waals surface area contributed by atoms with Crippen LogP contribution < -0.4 is 5.43 Å². The Kier molecular flexibility index (Phi) is 2.09. The van der Waals surface area contributed by atoms with Crippen LogP contribution in [-0.2, 0) is 0 Å². The second-order valence-electron chi connectivity index (χ2n) is 2.76. The first kappa shape index (κ1) is 7.03. The van der Waals surface area contributed by atoms with Crippen LogP contribution in [0.2, 0.25) is 0 Å². The molecule has 1 rings (SSSR count). The summed E-state index contributed by atoms with van der Waals surface area (Å²) in [5.74, 6) is 0. The molecule has 0 aromatic carbocycles. The highest BCUT2D eigenvalue weighted by Crippen LogP contribution is 2.08. The van der Waals surface area contributed by atoms with Gasteiger partial charge in [0.25, 0.3) is 0 Å². The Morgan fingerprint density at radius 2 is 2.00 bits per heavy atom. The molecule has 2 nitrogen and oxygen atoms in total. The minimum Gasteiger partial charge on any atom is -0.246 e. The summed E-state index contributed by atoms with van der Waals surface area (Å²) in [6.45, 7) is 9.51. The summed E-state index contributed by atoms with van der Waals surface area (Å²) in [6, 6.07) is 0. The standard InChI is InChI=1S/C7H17N2/c1-3-9(4-2)7-5-6-8-9/h8H,3-7H2,1-2H3/q+1. The number of hydrogen-bond acceptors (Lipinski definition) is 1. The molecule has 1 saturated heterocycles. The minimum absolute atomic E-state index is 1.14. The maximum atomic E-state index is 3.51. The van der Waals surface area contributed by atoms with Gasteiger partial charge in [0, 0.05) is 13.0 Å². The van der Waals surface area contributed by atoms with Crippen molar-refractivity contribution < 1.29 is 4.59 Å². The predicted octanol–water partition coefficient (Wildman–Crippen LogP) is 0.751. The fourth-order valence-corrected chi connectivity index (χ4v) is 1.54. The molecular weight excluding hydrogens is 112 g/mol. The first-order valence-corrected chi connectivity index (χ1v) is 3.94. The van der Waals surface area contributed by atoms with Gasteiger partial charge in [-0.05, 0) is 13.8 Å². The van der Waals surface area contributed by atoms with E-state index in [-0.39, 0.29) is 0 Å². The van der Waals surface area contributed by atoms with Gasteiger partial charge in [-0.25, -0.2) is 4.59 Å². The minimum atomic E-state index is 1.14. The third-order valence-corrected chi connectivity index (χ3v) is 2.42. The van der Waals surface area contributed by atoms with Gasteiger partial charge in [-0.3, -0.25) is 0 Å². The molecule has 0 saturated carbocycles. The van der Waals surface area contributed by atoms with Crippen molar-refractivity contribution in [3.63, 3.8) is 0 Å². The summed E-state index contributed by atoms with van der Waals surface area (Å²) in [7, 11) is 0. The Morgan fingerprint density at radius 3 is 2.22 bits per heavy atom. The number of rotatable bonds is 2. The van der Waals surface area contributed by atoms with Gasteiger partial charge < -0.3 is 0 Å². The Hall–Kier alpha value is -0.0800. The largest absolute Gasteiger partial charge is 0.246 e. The van der Waals surface area contributed by atoms with E-state index in [9.17, 15) is 0 Å². The molecule has 0 aromatic rings. The summed E-state index contributed by atoms with van der Waals surface area (Å²) in [4.78, 5) is 0. The normalized spacial score (nSPS) is 24.7. The first-order chi connectivity index (χ1) is 4.33. The van der Waals surface area contributed by atoms with Crippen LogP contribution in [0.4, 0.5) is 0 Å². The second-order valence-corrected chi connectivity index (χ2v) is 2.76. The van der Waals surface area contributed by atoms with Crippen LogP contribution in [0, 0.1) is 0 Å². The first-order valence-electron chi connectivity index (χ1n) is 3.94. The van der Waals surface area contributed by atoms with Crippen molar-refractivity contribution in [1.29, 1.82) is 0 Å². The predicted molar refractivity (Wildman–Crippen MR) is 38.8 cm³/mol. The molecule has 0 spiro atoms. The van der Waals surface area contributed by atoms with Crippen molar-refractivity contribution in [2.75, 3.05) is 26.2 Å². The van der Waals surface area contributed by atoms with Crippen molar-refractivity contribution >= 4 is 0 Å². The topological polar surface area (TPSA) is 12.0 Å². The molecule has 1 heterocycles. The molecule has 1 aliphatic heterocycles. The highest BCUT2D eigenvalue weighted by molar-refractivity contribution is 4.48. The summed E-state index contributed by atoms with van der Waals surface area (Å²) in [6.07, 6.45) is 1.35. The van der Waals surface area contributed by atoms with E-state index in [1.165, 1.54) is 32.6 Å². The number of nitrogens with zero attached hydrogens (tertiary/aromatic N) is 1. The van der Waals surface area contributed by atoms with Crippen LogP contribution in [0.1, 0.15) is 20.3 Å². The van der Waals surface area contributed by atoms with E-state index in [0.29, 0.717) is 0 Å². The Balaban J connectivity index is 2.45. The number of quaternary nitrogens is 1. The molecule has 1 aliphatic rings. The number of hydrogen-bond donors (Lipinski definition) is 1. The average Bonchev–Trinajstić information content (AvgIpc) is 2.36. The van der Waals surface area contributed by atoms with Crippen LogP contribution in [0.15, 0.2) is 0 Å². The van der Waals surface area contributed by atoms with Crippen LogP contribution in [0.25, 0.3) is 0 Å². The summed E-state index contributed by atoms with van der Waals surface area (Å²) in [5.41, 5.74) is 3.51. The lowest BCUT2D eigenvalue weighted by Crippen LogP contribution is -2.53. The fraction of sp³-hybridized carbons (Fsp3) is 1.00. The lowest BCUT2D eigenvalue weighted by Gasteiger charge is -2.30. The van der Waals surface area contributed by atoms with E-state index in [2.05, 4.69) is 19.3 Å². The summed E-state index contributed by atoms with van der Waals surface area (Å²) >= 11 is 0. The van der Waals surface area contributed by atoms with Crippen molar-refractivity contribution in [1.82, 2.24) is 5.43 Å². The van der Waals surface area contributed by atoms with Crippen molar-refractivity contribution in [2.45, 2.75) is 20.3 Å². The van der Waals surface area contributed by atoms with Gasteiger partial charge in [-0.2, -0.15) is 5.43 Å². The third-order valence-electron chi connectivity index (χ3n) is 2.42. The molecule has 0 atom stereocenters. The molecule has 0 bridgehead atoms. The maximum Gasteiger partial charge on any atom is 0.0976 e. The smallest absolute Gasteiger partial charge is 0.0976 e. The molecule has 0 aliphatic carbocycles. The van der Waals surface area contributed by atoms with Crippen LogP contribution in [-0.4, -0.2) is 30.8 Å². The zero-order valence-corrected chi connectivity index (χ0v) is 6.48. The van der Waals surface area contributed by atoms with Crippen molar-refractivity contribution in [2.24, 2.45) is 0 Å². The molecule has 0 amide bonds. The molecule has 0 radical (unpaired) electrons. The van der Waals surface area contributed by atoms with Gasteiger partial charge >= 0.3 is 0 Å². The number of nitrogens with one attached hydrogen (secondary N) is 1. The fourth-order valence-electron chi connectivity index (χ4n) is 1.54. The van der Waals surface area contributed by atoms with Crippen LogP contribution in [0.3, 0.4) is 0 Å². The van der Waals surface area contributed by atoms with Gasteiger partial charge in [0.1, 0.15) is 0 Å². The average molecular weight is 129 g/mol. The van der Waals surface area contributed by atoms with Crippen molar-refractivity contribution in [3.8, 4) is 0 Å². The SMILES string of the molecule is CC[N+]1(CC)CCCN1. The lowest BCUT2D eigenvalue weighted by molar-refractivity contribution is -0.954. The van der Waals surface area contributed by atoms with Gasteiger partial charge in [-0.15, -0.1) is 0 Å².